The number of thiophene rings is 1. The maximum Gasteiger partial charge on any atom is 0.344 e. The molecular weight excluding hydrogens is 641 g/mol. The van der Waals surface area contributed by atoms with Crippen molar-refractivity contribution in [3.63, 3.8) is 0 Å². The van der Waals surface area contributed by atoms with Gasteiger partial charge in [-0.15, -0.1) is 11.3 Å². The van der Waals surface area contributed by atoms with Crippen LogP contribution >= 0.6 is 11.3 Å². The first-order chi connectivity index (χ1) is 23.1. The van der Waals surface area contributed by atoms with Crippen molar-refractivity contribution in [3.8, 4) is 0 Å². The van der Waals surface area contributed by atoms with Crippen molar-refractivity contribution in [1.82, 2.24) is 9.78 Å². The minimum absolute atomic E-state index is 0.0137. The van der Waals surface area contributed by atoms with E-state index < -0.39 is 35.8 Å². The average Bonchev–Trinajstić information content (AvgIpc) is 3.68. The van der Waals surface area contributed by atoms with Gasteiger partial charge in [0.25, 0.3) is 11.8 Å². The van der Waals surface area contributed by atoms with Gasteiger partial charge < -0.3 is 9.73 Å². The maximum atomic E-state index is 14.7. The number of hydrogen-bond acceptors (Lipinski definition) is 6. The molecule has 7 aromatic rings. The average molecular weight is 667 g/mol. The van der Waals surface area contributed by atoms with E-state index in [1.54, 1.807) is 36.6 Å². The minimum Gasteiger partial charge on any atom is -0.417 e. The second-order valence-electron chi connectivity index (χ2n) is 11.3. The van der Waals surface area contributed by atoms with Crippen LogP contribution in [0.3, 0.4) is 0 Å². The van der Waals surface area contributed by atoms with E-state index in [1.165, 1.54) is 60.0 Å². The first-order valence-electron chi connectivity index (χ1n) is 14.8. The van der Waals surface area contributed by atoms with Crippen LogP contribution < -0.4 is 15.8 Å². The summed E-state index contributed by atoms with van der Waals surface area (Å²) in [5.41, 5.74) is 1.40. The molecule has 0 aliphatic heterocycles. The lowest BCUT2D eigenvalue weighted by Crippen LogP contribution is -2.42. The minimum atomic E-state index is -2.98. The predicted octanol–water partition coefficient (Wildman–Crippen LogP) is 8.54. The molecule has 2 amide bonds. The molecule has 0 spiro atoms. The molecule has 8 nitrogen and oxygen atoms in total. The van der Waals surface area contributed by atoms with Gasteiger partial charge in [0.05, 0.1) is 17.1 Å². The molecule has 1 N–H and O–H groups in total. The zero-order chi connectivity index (χ0) is 33.7. The first kappa shape index (κ1) is 30.9. The molecule has 7 rings (SSSR count). The molecule has 0 radical (unpaired) electrons. The van der Waals surface area contributed by atoms with Gasteiger partial charge in [-0.2, -0.15) is 13.9 Å². The Balaban J connectivity index is 1.48. The zero-order valence-corrected chi connectivity index (χ0v) is 26.2. The van der Waals surface area contributed by atoms with Crippen LogP contribution in [0.4, 0.5) is 24.5 Å². The Labute approximate surface area is 274 Å². The van der Waals surface area contributed by atoms with E-state index in [4.69, 9.17) is 4.42 Å². The van der Waals surface area contributed by atoms with Gasteiger partial charge in [0.15, 0.2) is 5.76 Å². The van der Waals surface area contributed by atoms with Crippen molar-refractivity contribution in [1.29, 1.82) is 0 Å². The lowest BCUT2D eigenvalue weighted by molar-refractivity contribution is -0.117. The third kappa shape index (κ3) is 5.49. The van der Waals surface area contributed by atoms with Crippen LogP contribution in [0.1, 0.15) is 39.8 Å². The smallest absolute Gasteiger partial charge is 0.344 e. The van der Waals surface area contributed by atoms with Gasteiger partial charge in [0.2, 0.25) is 0 Å². The number of alkyl halides is 2. The quantitative estimate of drug-likeness (QED) is 0.184. The van der Waals surface area contributed by atoms with Gasteiger partial charge >= 0.3 is 12.2 Å². The van der Waals surface area contributed by atoms with E-state index in [2.05, 4.69) is 10.4 Å². The summed E-state index contributed by atoms with van der Waals surface area (Å²) >= 11 is 1.36. The van der Waals surface area contributed by atoms with Gasteiger partial charge in [0.1, 0.15) is 11.9 Å². The number of aryl methyl sites for hydroxylation is 2. The van der Waals surface area contributed by atoms with Gasteiger partial charge in [-0.1, -0.05) is 35.9 Å². The Morgan fingerprint density at radius 1 is 0.938 bits per heavy atom. The van der Waals surface area contributed by atoms with Crippen LogP contribution in [0.5, 0.6) is 0 Å². The number of benzene rings is 4. The highest BCUT2D eigenvalue weighted by atomic mass is 32.1. The molecule has 1 atom stereocenters. The second-order valence-corrected chi connectivity index (χ2v) is 12.2. The topological polar surface area (TPSA) is 97.4 Å². The van der Waals surface area contributed by atoms with Crippen molar-refractivity contribution >= 4 is 66.3 Å². The standard InChI is InChI=1S/C36H25F3N4O4S/c1-19-7-12-31-26(13-19)27(18-48-31)32(33(44)41-28-11-9-23(37)14-20(28)2)42(24-10-8-22-17-40-43(36(38)39)29(22)16-24)34(45)30-15-21-5-3-4-6-25(21)35(46)47-30/h3-18,32,36H,1-2H3,(H,41,44). The summed E-state index contributed by atoms with van der Waals surface area (Å²) in [6.07, 6.45) is 1.27. The molecule has 0 saturated carbocycles. The van der Waals surface area contributed by atoms with E-state index in [0.717, 1.165) is 15.2 Å². The number of halogens is 3. The number of fused-ring (bicyclic) bond motifs is 3. The summed E-state index contributed by atoms with van der Waals surface area (Å²) in [5, 5.41) is 10.1. The van der Waals surface area contributed by atoms with Crippen molar-refractivity contribution in [3.05, 3.63) is 135 Å². The van der Waals surface area contributed by atoms with E-state index in [1.807, 2.05) is 25.1 Å². The summed E-state index contributed by atoms with van der Waals surface area (Å²) in [7, 11) is 0. The summed E-state index contributed by atoms with van der Waals surface area (Å²) in [6.45, 7) is 0.539. The highest BCUT2D eigenvalue weighted by Gasteiger charge is 2.37. The van der Waals surface area contributed by atoms with Gasteiger partial charge in [-0.25, -0.2) is 13.9 Å². The third-order valence-electron chi connectivity index (χ3n) is 8.15. The number of carbonyl (C=O) groups excluding carboxylic acids is 2. The molecule has 12 heteroatoms. The number of rotatable bonds is 7. The number of amides is 2. The molecule has 48 heavy (non-hydrogen) atoms. The number of anilines is 2. The van der Waals surface area contributed by atoms with E-state index in [0.29, 0.717) is 37.7 Å². The molecule has 4 aromatic carbocycles. The molecule has 0 aliphatic carbocycles. The number of carbonyl (C=O) groups is 2. The van der Waals surface area contributed by atoms with Gasteiger partial charge in [0, 0.05) is 27.0 Å². The number of aromatic nitrogens is 2. The predicted molar refractivity (Wildman–Crippen MR) is 179 cm³/mol. The van der Waals surface area contributed by atoms with Crippen molar-refractivity contribution in [2.24, 2.45) is 0 Å². The van der Waals surface area contributed by atoms with E-state index >= 15 is 0 Å². The Kier molecular flexibility index (Phi) is 7.80. The molecule has 0 bridgehead atoms. The number of hydrogen-bond donors (Lipinski definition) is 1. The SMILES string of the molecule is Cc1ccc2scc(C(C(=O)Nc3ccc(F)cc3C)N(C(=O)c3cc4ccccc4c(=O)o3)c3ccc4cnn(C(F)F)c4c3)c2c1. The van der Waals surface area contributed by atoms with Crippen molar-refractivity contribution in [2.75, 3.05) is 10.2 Å². The number of nitrogens with one attached hydrogen (secondary N) is 1. The molecule has 240 valence electrons. The molecule has 0 aliphatic rings. The summed E-state index contributed by atoms with van der Waals surface area (Å²) < 4.78 is 48.9. The lowest BCUT2D eigenvalue weighted by atomic mass is 10.00. The Bertz CT molecular complexity index is 2450. The van der Waals surface area contributed by atoms with Crippen LogP contribution in [0.25, 0.3) is 31.8 Å². The Morgan fingerprint density at radius 2 is 1.75 bits per heavy atom. The molecule has 3 aromatic heterocycles. The highest BCUT2D eigenvalue weighted by Crippen LogP contribution is 2.39. The monoisotopic (exact) mass is 666 g/mol. The summed E-state index contributed by atoms with van der Waals surface area (Å²) in [6, 6.07) is 20.5. The zero-order valence-electron chi connectivity index (χ0n) is 25.4. The van der Waals surface area contributed by atoms with Crippen LogP contribution in [-0.2, 0) is 4.79 Å². The first-order valence-corrected chi connectivity index (χ1v) is 15.6. The second kappa shape index (κ2) is 12.1. The van der Waals surface area contributed by atoms with Gasteiger partial charge in [-0.3, -0.25) is 14.5 Å². The van der Waals surface area contributed by atoms with Crippen LogP contribution in [0.15, 0.2) is 106 Å². The van der Waals surface area contributed by atoms with Crippen LogP contribution in [-0.4, -0.2) is 21.6 Å². The van der Waals surface area contributed by atoms with E-state index in [9.17, 15) is 27.6 Å². The fraction of sp³-hybridized carbons (Fsp3) is 0.111. The summed E-state index contributed by atoms with van der Waals surface area (Å²) in [4.78, 5) is 43.5. The Hall–Kier alpha value is -5.75. The molecule has 0 saturated heterocycles. The lowest BCUT2D eigenvalue weighted by Gasteiger charge is -2.31. The normalized spacial score (nSPS) is 12.2. The summed E-state index contributed by atoms with van der Waals surface area (Å²) in [5.74, 6) is -2.41. The molecule has 3 heterocycles. The maximum absolute atomic E-state index is 14.7. The molecular formula is C36H25F3N4O4S. The van der Waals surface area contributed by atoms with Crippen LogP contribution in [0, 0.1) is 19.7 Å². The molecule has 0 fully saturated rings. The van der Waals surface area contributed by atoms with Gasteiger partial charge in [-0.05, 0) is 90.2 Å². The van der Waals surface area contributed by atoms with E-state index in [-0.39, 0.29) is 22.4 Å². The third-order valence-corrected chi connectivity index (χ3v) is 9.13. The molecule has 1 unspecified atom stereocenters. The largest absolute Gasteiger partial charge is 0.417 e. The fourth-order valence-electron chi connectivity index (χ4n) is 5.81. The van der Waals surface area contributed by atoms with Crippen LogP contribution in [0.2, 0.25) is 0 Å². The van der Waals surface area contributed by atoms with Crippen molar-refractivity contribution in [2.45, 2.75) is 26.4 Å². The Morgan fingerprint density at radius 3 is 2.54 bits per heavy atom. The highest BCUT2D eigenvalue weighted by molar-refractivity contribution is 7.17. The van der Waals surface area contributed by atoms with Crippen molar-refractivity contribution < 1.29 is 27.2 Å². The fourth-order valence-corrected chi connectivity index (χ4v) is 6.77. The number of nitrogens with zero attached hydrogens (tertiary/aromatic N) is 3.